The lowest BCUT2D eigenvalue weighted by Gasteiger charge is -2.08. The van der Waals surface area contributed by atoms with Gasteiger partial charge in [-0.05, 0) is 42.8 Å². The van der Waals surface area contributed by atoms with Gasteiger partial charge in [0.1, 0.15) is 5.69 Å². The van der Waals surface area contributed by atoms with Crippen LogP contribution in [0.4, 0.5) is 0 Å². The molecule has 0 amide bonds. The number of halogens is 1. The summed E-state index contributed by atoms with van der Waals surface area (Å²) in [6, 6.07) is 8.67. The highest BCUT2D eigenvalue weighted by Crippen LogP contribution is 2.20. The van der Waals surface area contributed by atoms with Gasteiger partial charge < -0.3 is 9.67 Å². The fraction of sp³-hybridized carbons (Fsp3) is 0.0833. The zero-order valence-electron chi connectivity index (χ0n) is 8.64. The van der Waals surface area contributed by atoms with Crippen molar-refractivity contribution in [3.63, 3.8) is 0 Å². The van der Waals surface area contributed by atoms with Crippen molar-refractivity contribution in [3.8, 4) is 5.69 Å². The molecule has 0 fully saturated rings. The fourth-order valence-electron chi connectivity index (χ4n) is 1.56. The Balaban J connectivity index is 2.54. The van der Waals surface area contributed by atoms with E-state index in [1.165, 1.54) is 0 Å². The van der Waals surface area contributed by atoms with E-state index in [0.717, 1.165) is 11.3 Å². The summed E-state index contributed by atoms with van der Waals surface area (Å²) in [6.45, 7) is 1.88. The van der Waals surface area contributed by atoms with E-state index in [1.807, 2.05) is 13.0 Å². The van der Waals surface area contributed by atoms with Gasteiger partial charge in [0.2, 0.25) is 0 Å². The summed E-state index contributed by atoms with van der Waals surface area (Å²) in [5, 5.41) is 9.67. The fourth-order valence-corrected chi connectivity index (χ4v) is 1.68. The monoisotopic (exact) mass is 235 g/mol. The lowest BCUT2D eigenvalue weighted by Crippen LogP contribution is -2.05. The molecule has 4 heteroatoms. The molecule has 0 unspecified atom stereocenters. The molecular formula is C12H10ClNO2. The number of carbonyl (C=O) groups is 1. The molecule has 82 valence electrons. The van der Waals surface area contributed by atoms with Crippen LogP contribution in [0.25, 0.3) is 5.69 Å². The van der Waals surface area contributed by atoms with Crippen LogP contribution in [0, 0.1) is 6.92 Å². The summed E-state index contributed by atoms with van der Waals surface area (Å²) < 4.78 is 1.62. The van der Waals surface area contributed by atoms with Crippen LogP contribution in [0.2, 0.25) is 5.02 Å². The zero-order valence-corrected chi connectivity index (χ0v) is 9.40. The van der Waals surface area contributed by atoms with Crippen LogP contribution in [0.15, 0.2) is 36.5 Å². The first-order valence-electron chi connectivity index (χ1n) is 4.77. The second-order valence-electron chi connectivity index (χ2n) is 3.50. The Morgan fingerprint density at radius 3 is 2.75 bits per heavy atom. The van der Waals surface area contributed by atoms with Crippen molar-refractivity contribution in [2.24, 2.45) is 0 Å². The molecule has 1 N–H and O–H groups in total. The summed E-state index contributed by atoms with van der Waals surface area (Å²) in [6.07, 6.45) is 1.71. The number of rotatable bonds is 2. The minimum absolute atomic E-state index is 0.238. The van der Waals surface area contributed by atoms with Crippen LogP contribution in [0.1, 0.15) is 16.1 Å². The smallest absolute Gasteiger partial charge is 0.352 e. The highest BCUT2D eigenvalue weighted by atomic mass is 35.5. The molecule has 0 saturated carbocycles. The van der Waals surface area contributed by atoms with Crippen molar-refractivity contribution < 1.29 is 9.90 Å². The number of aryl methyl sites for hydroxylation is 1. The number of nitrogens with zero attached hydrogens (tertiary/aromatic N) is 1. The first-order valence-corrected chi connectivity index (χ1v) is 5.14. The Hall–Kier alpha value is -1.74. The van der Waals surface area contributed by atoms with Gasteiger partial charge in [-0.15, -0.1) is 0 Å². The quantitative estimate of drug-likeness (QED) is 0.869. The Morgan fingerprint density at radius 1 is 1.38 bits per heavy atom. The Kier molecular flexibility index (Phi) is 2.71. The van der Waals surface area contributed by atoms with Gasteiger partial charge in [0, 0.05) is 16.9 Å². The topological polar surface area (TPSA) is 42.2 Å². The van der Waals surface area contributed by atoms with Crippen LogP contribution in [-0.2, 0) is 0 Å². The van der Waals surface area contributed by atoms with E-state index in [0.29, 0.717) is 5.02 Å². The summed E-state index contributed by atoms with van der Waals surface area (Å²) >= 11 is 5.92. The molecule has 0 aliphatic rings. The maximum atomic E-state index is 11.0. The molecular weight excluding hydrogens is 226 g/mol. The van der Waals surface area contributed by atoms with Crippen LogP contribution >= 0.6 is 11.6 Å². The van der Waals surface area contributed by atoms with Gasteiger partial charge in [0.25, 0.3) is 0 Å². The standard InChI is InChI=1S/C12H10ClNO2/c1-8-7-9(4-5-10(8)13)14-6-2-3-11(14)12(15)16/h2-7H,1H3,(H,15,16). The molecule has 0 saturated heterocycles. The highest BCUT2D eigenvalue weighted by Gasteiger charge is 2.10. The zero-order chi connectivity index (χ0) is 11.7. The van der Waals surface area contributed by atoms with Gasteiger partial charge in [0.15, 0.2) is 0 Å². The van der Waals surface area contributed by atoms with E-state index in [-0.39, 0.29) is 5.69 Å². The third-order valence-electron chi connectivity index (χ3n) is 2.39. The molecule has 1 heterocycles. The van der Waals surface area contributed by atoms with E-state index in [4.69, 9.17) is 16.7 Å². The maximum Gasteiger partial charge on any atom is 0.352 e. The number of carboxylic acids is 1. The van der Waals surface area contributed by atoms with Crippen LogP contribution in [0.3, 0.4) is 0 Å². The minimum Gasteiger partial charge on any atom is -0.477 e. The molecule has 0 aliphatic heterocycles. The molecule has 2 aromatic rings. The second kappa shape index (κ2) is 4.02. The number of aromatic carboxylic acids is 1. The van der Waals surface area contributed by atoms with E-state index in [1.54, 1.807) is 35.0 Å². The third-order valence-corrected chi connectivity index (χ3v) is 2.81. The number of hydrogen-bond donors (Lipinski definition) is 1. The lowest BCUT2D eigenvalue weighted by molar-refractivity contribution is 0.0688. The van der Waals surface area contributed by atoms with E-state index < -0.39 is 5.97 Å². The van der Waals surface area contributed by atoms with Crippen molar-refractivity contribution in [1.29, 1.82) is 0 Å². The molecule has 0 atom stereocenters. The van der Waals surface area contributed by atoms with Crippen molar-refractivity contribution in [3.05, 3.63) is 52.8 Å². The van der Waals surface area contributed by atoms with Gasteiger partial charge in [-0.2, -0.15) is 0 Å². The van der Waals surface area contributed by atoms with Gasteiger partial charge in [-0.3, -0.25) is 0 Å². The van der Waals surface area contributed by atoms with Crippen LogP contribution < -0.4 is 0 Å². The number of hydrogen-bond acceptors (Lipinski definition) is 1. The molecule has 16 heavy (non-hydrogen) atoms. The Morgan fingerprint density at radius 2 is 2.12 bits per heavy atom. The largest absolute Gasteiger partial charge is 0.477 e. The van der Waals surface area contributed by atoms with Gasteiger partial charge >= 0.3 is 5.97 Å². The van der Waals surface area contributed by atoms with E-state index >= 15 is 0 Å². The molecule has 1 aromatic heterocycles. The maximum absolute atomic E-state index is 11.0. The molecule has 0 radical (unpaired) electrons. The summed E-state index contributed by atoms with van der Waals surface area (Å²) in [4.78, 5) is 11.0. The van der Waals surface area contributed by atoms with Crippen molar-refractivity contribution >= 4 is 17.6 Å². The minimum atomic E-state index is -0.947. The van der Waals surface area contributed by atoms with Crippen molar-refractivity contribution in [1.82, 2.24) is 4.57 Å². The van der Waals surface area contributed by atoms with Gasteiger partial charge in [0.05, 0.1) is 0 Å². The summed E-state index contributed by atoms with van der Waals surface area (Å²) in [5.74, 6) is -0.947. The predicted molar refractivity (Wildman–Crippen MR) is 62.5 cm³/mol. The van der Waals surface area contributed by atoms with E-state index in [2.05, 4.69) is 0 Å². The molecule has 1 aromatic carbocycles. The Labute approximate surface area is 97.9 Å². The van der Waals surface area contributed by atoms with Crippen molar-refractivity contribution in [2.75, 3.05) is 0 Å². The Bertz CT molecular complexity index is 546. The molecule has 0 aliphatic carbocycles. The number of carboxylic acid groups (broad SMARTS) is 1. The van der Waals surface area contributed by atoms with E-state index in [9.17, 15) is 4.79 Å². The summed E-state index contributed by atoms with van der Waals surface area (Å²) in [7, 11) is 0. The molecule has 0 spiro atoms. The average molecular weight is 236 g/mol. The van der Waals surface area contributed by atoms with Crippen LogP contribution in [0.5, 0.6) is 0 Å². The first-order chi connectivity index (χ1) is 7.59. The molecule has 3 nitrogen and oxygen atoms in total. The first kappa shape index (κ1) is 10.8. The number of aromatic nitrogens is 1. The summed E-state index contributed by atoms with van der Waals surface area (Å²) in [5.41, 5.74) is 1.95. The molecule has 0 bridgehead atoms. The highest BCUT2D eigenvalue weighted by molar-refractivity contribution is 6.31. The van der Waals surface area contributed by atoms with Crippen LogP contribution in [-0.4, -0.2) is 15.6 Å². The van der Waals surface area contributed by atoms with Crippen molar-refractivity contribution in [2.45, 2.75) is 6.92 Å². The normalized spacial score (nSPS) is 10.4. The molecule has 2 rings (SSSR count). The lowest BCUT2D eigenvalue weighted by atomic mass is 10.2. The predicted octanol–water partition coefficient (Wildman–Crippen LogP) is 3.14. The number of benzene rings is 1. The van der Waals surface area contributed by atoms with Gasteiger partial charge in [-0.25, -0.2) is 4.79 Å². The SMILES string of the molecule is Cc1cc(-n2cccc2C(=O)O)ccc1Cl. The van der Waals surface area contributed by atoms with Gasteiger partial charge in [-0.1, -0.05) is 11.6 Å². The average Bonchev–Trinajstić information content (AvgIpc) is 2.71. The second-order valence-corrected chi connectivity index (χ2v) is 3.91. The third kappa shape index (κ3) is 1.82.